The van der Waals surface area contributed by atoms with E-state index < -0.39 is 0 Å². The molecule has 0 saturated heterocycles. The monoisotopic (exact) mass is 528 g/mol. The zero-order valence-electron chi connectivity index (χ0n) is 21.3. The van der Waals surface area contributed by atoms with Gasteiger partial charge in [-0.05, 0) is 90.3 Å². The molecule has 3 aliphatic rings. The van der Waals surface area contributed by atoms with E-state index in [0.29, 0.717) is 0 Å². The maximum atomic E-state index is 2.39. The molecule has 3 aliphatic carbocycles. The van der Waals surface area contributed by atoms with E-state index in [9.17, 15) is 0 Å². The van der Waals surface area contributed by atoms with E-state index >= 15 is 0 Å². The number of hydrogen-bond donors (Lipinski definition) is 0. The summed E-state index contributed by atoms with van der Waals surface area (Å²) in [6.45, 7) is 28.3. The summed E-state index contributed by atoms with van der Waals surface area (Å²) >= 11 is 0. The summed E-state index contributed by atoms with van der Waals surface area (Å²) in [6.07, 6.45) is 4.22. The third-order valence-electron chi connectivity index (χ3n) is 9.57. The Balaban J connectivity index is 0.000000384. The second-order valence-corrected chi connectivity index (χ2v) is 11.3. The molecular weight excluding hydrogens is 475 g/mol. The van der Waals surface area contributed by atoms with Gasteiger partial charge in [-0.15, -0.1) is 0 Å². The molecule has 10 atom stereocenters. The van der Waals surface area contributed by atoms with Gasteiger partial charge in [0.25, 0.3) is 0 Å². The molecule has 0 heterocycles. The second kappa shape index (κ2) is 13.0. The maximum absolute atomic E-state index is 2.39. The normalized spacial score (nSPS) is 46.3. The van der Waals surface area contributed by atoms with Gasteiger partial charge in [-0.1, -0.05) is 83.1 Å². The van der Waals surface area contributed by atoms with Crippen molar-refractivity contribution in [2.45, 2.75) is 102 Å². The zero-order chi connectivity index (χ0) is 21.0. The SMILES string of the molecule is CC1CC(C)C(C)C1C.CC1CC(C)C(C)C1C.C[C]1CC(C)C(C)[C]1C.[Sm]. The van der Waals surface area contributed by atoms with Crippen LogP contribution in [0.4, 0.5) is 0 Å². The van der Waals surface area contributed by atoms with E-state index in [2.05, 4.69) is 83.1 Å². The van der Waals surface area contributed by atoms with Gasteiger partial charge in [0.1, 0.15) is 0 Å². The summed E-state index contributed by atoms with van der Waals surface area (Å²) < 4.78 is 0. The fraction of sp³-hybridized carbons (Fsp3) is 0.926. The molecule has 3 fully saturated rings. The first-order valence-corrected chi connectivity index (χ1v) is 12.0. The van der Waals surface area contributed by atoms with Crippen molar-refractivity contribution in [3.63, 3.8) is 0 Å². The van der Waals surface area contributed by atoms with Crippen LogP contribution < -0.4 is 0 Å². The van der Waals surface area contributed by atoms with Crippen molar-refractivity contribution in [2.24, 2.45) is 59.2 Å². The molecule has 0 nitrogen and oxygen atoms in total. The van der Waals surface area contributed by atoms with Crippen LogP contribution in [-0.2, 0) is 0 Å². The molecule has 3 saturated carbocycles. The van der Waals surface area contributed by atoms with E-state index in [1.54, 1.807) is 11.8 Å². The quantitative estimate of drug-likeness (QED) is 0.296. The van der Waals surface area contributed by atoms with Crippen molar-refractivity contribution >= 4 is 0 Å². The van der Waals surface area contributed by atoms with Gasteiger partial charge in [0.05, 0.1) is 0 Å². The second-order valence-electron chi connectivity index (χ2n) is 11.3. The van der Waals surface area contributed by atoms with E-state index in [1.807, 2.05) is 0 Å². The molecule has 10 unspecified atom stereocenters. The van der Waals surface area contributed by atoms with Crippen LogP contribution in [0.15, 0.2) is 0 Å². The molecule has 28 heavy (non-hydrogen) atoms. The third-order valence-corrected chi connectivity index (χ3v) is 9.57. The fourth-order valence-corrected chi connectivity index (χ4v) is 5.74. The van der Waals surface area contributed by atoms with Crippen LogP contribution in [0.2, 0.25) is 0 Å². The average molecular weight is 527 g/mol. The smallest absolute Gasteiger partial charge is 0 e. The number of hydrogen-bond acceptors (Lipinski definition) is 0. The fourth-order valence-electron chi connectivity index (χ4n) is 5.74. The van der Waals surface area contributed by atoms with E-state index in [-0.39, 0.29) is 40.4 Å². The van der Waals surface area contributed by atoms with Crippen LogP contribution in [0.5, 0.6) is 0 Å². The molecule has 0 aromatic carbocycles. The van der Waals surface area contributed by atoms with Gasteiger partial charge in [0, 0.05) is 40.4 Å². The summed E-state index contributed by atoms with van der Waals surface area (Å²) in [4.78, 5) is 0. The van der Waals surface area contributed by atoms with Gasteiger partial charge >= 0.3 is 0 Å². The molecule has 2 radical (unpaired) electrons. The van der Waals surface area contributed by atoms with Crippen LogP contribution in [0.3, 0.4) is 0 Å². The Hall–Kier alpha value is 1.34. The minimum atomic E-state index is 0. The Morgan fingerprint density at radius 1 is 0.500 bits per heavy atom. The van der Waals surface area contributed by atoms with Crippen LogP contribution in [-0.4, -0.2) is 0 Å². The molecule has 0 N–H and O–H groups in total. The Kier molecular flexibility index (Phi) is 13.6. The summed E-state index contributed by atoms with van der Waals surface area (Å²) in [6, 6.07) is 0. The van der Waals surface area contributed by atoms with Crippen LogP contribution in [0, 0.1) is 111 Å². The van der Waals surface area contributed by atoms with E-state index in [1.165, 1.54) is 19.3 Å². The van der Waals surface area contributed by atoms with Crippen molar-refractivity contribution in [3.05, 3.63) is 11.8 Å². The topological polar surface area (TPSA) is 0 Å². The third kappa shape index (κ3) is 7.79. The number of rotatable bonds is 0. The van der Waals surface area contributed by atoms with Crippen LogP contribution >= 0.6 is 0 Å². The Bertz CT molecular complexity index is 321. The van der Waals surface area contributed by atoms with E-state index in [0.717, 1.165) is 59.2 Å². The summed E-state index contributed by atoms with van der Waals surface area (Å²) in [5.74, 6) is 12.7. The van der Waals surface area contributed by atoms with Gasteiger partial charge in [0.2, 0.25) is 0 Å². The first-order chi connectivity index (χ1) is 12.4. The van der Waals surface area contributed by atoms with Gasteiger partial charge in [0.15, 0.2) is 0 Å². The molecule has 1 heteroatoms. The van der Waals surface area contributed by atoms with Crippen molar-refractivity contribution in [1.29, 1.82) is 0 Å². The van der Waals surface area contributed by atoms with E-state index in [4.69, 9.17) is 0 Å². The Morgan fingerprint density at radius 3 is 0.857 bits per heavy atom. The summed E-state index contributed by atoms with van der Waals surface area (Å²) in [7, 11) is 0. The molecular formula is C27H52Sm. The average Bonchev–Trinajstić information content (AvgIpc) is 3.07. The van der Waals surface area contributed by atoms with Crippen LogP contribution in [0.1, 0.15) is 102 Å². The standard InChI is InChI=1S/2C9H18.C9H16.Sm/c3*1-6-5-7(2)9(4)8(6)3;/h2*6-9H,5H2,1-4H3;6,8H,5H2,1-4H3;. The van der Waals surface area contributed by atoms with Gasteiger partial charge in [-0.3, -0.25) is 0 Å². The van der Waals surface area contributed by atoms with Crippen molar-refractivity contribution < 1.29 is 40.4 Å². The summed E-state index contributed by atoms with van der Waals surface area (Å²) in [5.41, 5.74) is 0. The van der Waals surface area contributed by atoms with Crippen molar-refractivity contribution in [1.82, 2.24) is 0 Å². The molecule has 3 rings (SSSR count). The maximum Gasteiger partial charge on any atom is 0 e. The van der Waals surface area contributed by atoms with Crippen molar-refractivity contribution in [2.75, 3.05) is 0 Å². The molecule has 0 bridgehead atoms. The van der Waals surface area contributed by atoms with Gasteiger partial charge in [-0.2, -0.15) is 0 Å². The molecule has 0 aromatic heterocycles. The van der Waals surface area contributed by atoms with Gasteiger partial charge in [-0.25, -0.2) is 0 Å². The minimum Gasteiger partial charge on any atom is -0.0622 e. The molecule has 0 aromatic rings. The molecule has 0 aliphatic heterocycles. The minimum absolute atomic E-state index is 0. The predicted molar refractivity (Wildman–Crippen MR) is 123 cm³/mol. The Labute approximate surface area is 212 Å². The van der Waals surface area contributed by atoms with Crippen LogP contribution in [0.25, 0.3) is 0 Å². The first kappa shape index (κ1) is 29.3. The zero-order valence-corrected chi connectivity index (χ0v) is 23.9. The first-order valence-electron chi connectivity index (χ1n) is 12.0. The predicted octanol–water partition coefficient (Wildman–Crippen LogP) is 8.72. The Morgan fingerprint density at radius 2 is 0.786 bits per heavy atom. The van der Waals surface area contributed by atoms with Gasteiger partial charge < -0.3 is 0 Å². The largest absolute Gasteiger partial charge is 0.0622 e. The molecule has 0 amide bonds. The van der Waals surface area contributed by atoms with Crippen molar-refractivity contribution in [3.8, 4) is 0 Å². The summed E-state index contributed by atoms with van der Waals surface area (Å²) in [5, 5.41) is 0. The molecule has 166 valence electrons. The molecule has 0 spiro atoms.